The first-order chi connectivity index (χ1) is 24.6. The molecule has 3 aromatic carbocycles. The fourth-order valence-electron chi connectivity index (χ4n) is 5.89. The van der Waals surface area contributed by atoms with Gasteiger partial charge in [0.15, 0.2) is 0 Å². The molecule has 13 heteroatoms. The molecule has 51 heavy (non-hydrogen) atoms. The number of nitrogens with one attached hydrogen (secondary N) is 5. The Labute approximate surface area is 300 Å². The largest absolute Gasteiger partial charge is 0.480 e. The van der Waals surface area contributed by atoms with Gasteiger partial charge in [-0.2, -0.15) is 0 Å². The molecule has 2 bridgehead atoms. The molecule has 0 saturated heterocycles. The maximum atomic E-state index is 14.1. The van der Waals surface area contributed by atoms with Gasteiger partial charge in [-0.3, -0.25) is 24.0 Å². The summed E-state index contributed by atoms with van der Waals surface area (Å²) >= 11 is 1.54. The molecular formula is C38H41N5O7S. The molecule has 5 amide bonds. The normalized spacial score (nSPS) is 23.6. The first-order valence-corrected chi connectivity index (χ1v) is 17.8. The lowest BCUT2D eigenvalue weighted by Gasteiger charge is -2.27. The summed E-state index contributed by atoms with van der Waals surface area (Å²) in [4.78, 5) is 80.0. The van der Waals surface area contributed by atoms with Crippen molar-refractivity contribution in [1.82, 2.24) is 21.3 Å². The summed E-state index contributed by atoms with van der Waals surface area (Å²) in [7, 11) is 0. The van der Waals surface area contributed by atoms with Crippen LogP contribution in [-0.4, -0.2) is 70.0 Å². The van der Waals surface area contributed by atoms with Crippen LogP contribution in [0.4, 0.5) is 5.69 Å². The number of allylic oxidation sites excluding steroid dienone is 1. The minimum absolute atomic E-state index is 0.0179. The number of carbonyl (C=O) groups is 6. The summed E-state index contributed by atoms with van der Waals surface area (Å²) in [6.45, 7) is 0. The summed E-state index contributed by atoms with van der Waals surface area (Å²) in [5.74, 6) is -4.13. The monoisotopic (exact) mass is 711 g/mol. The van der Waals surface area contributed by atoms with Crippen molar-refractivity contribution < 1.29 is 33.9 Å². The maximum Gasteiger partial charge on any atom is 0.326 e. The molecule has 0 spiro atoms. The van der Waals surface area contributed by atoms with Gasteiger partial charge in [-0.1, -0.05) is 78.9 Å². The number of carboxylic acid groups (broad SMARTS) is 1. The highest BCUT2D eigenvalue weighted by atomic mass is 32.2. The Morgan fingerprint density at radius 1 is 0.667 bits per heavy atom. The lowest BCUT2D eigenvalue weighted by molar-refractivity contribution is -0.142. The van der Waals surface area contributed by atoms with Crippen LogP contribution in [0.2, 0.25) is 0 Å². The third-order valence-electron chi connectivity index (χ3n) is 8.62. The lowest BCUT2D eigenvalue weighted by Crippen LogP contribution is -2.59. The van der Waals surface area contributed by atoms with E-state index in [-0.39, 0.29) is 43.8 Å². The van der Waals surface area contributed by atoms with E-state index in [1.807, 2.05) is 35.7 Å². The van der Waals surface area contributed by atoms with Crippen LogP contribution in [0, 0.1) is 0 Å². The van der Waals surface area contributed by atoms with E-state index < -0.39 is 59.7 Å². The van der Waals surface area contributed by atoms with E-state index in [9.17, 15) is 33.9 Å². The van der Waals surface area contributed by atoms with Crippen LogP contribution >= 0.6 is 11.8 Å². The van der Waals surface area contributed by atoms with E-state index in [0.29, 0.717) is 17.7 Å². The van der Waals surface area contributed by atoms with Gasteiger partial charge < -0.3 is 31.7 Å². The van der Waals surface area contributed by atoms with Crippen LogP contribution < -0.4 is 26.6 Å². The Morgan fingerprint density at radius 3 is 1.76 bits per heavy atom. The average molecular weight is 712 g/mol. The number of aliphatic carboxylic acids is 1. The predicted octanol–water partition coefficient (Wildman–Crippen LogP) is 2.88. The molecule has 0 saturated carbocycles. The highest BCUT2D eigenvalue weighted by Gasteiger charge is 2.33. The van der Waals surface area contributed by atoms with Crippen LogP contribution in [0.1, 0.15) is 42.4 Å². The molecule has 0 aromatic heterocycles. The van der Waals surface area contributed by atoms with Gasteiger partial charge in [0, 0.05) is 43.0 Å². The van der Waals surface area contributed by atoms with E-state index in [4.69, 9.17) is 0 Å². The summed E-state index contributed by atoms with van der Waals surface area (Å²) in [6.07, 6.45) is 2.71. The first-order valence-electron chi connectivity index (χ1n) is 16.8. The number of anilines is 1. The topological polar surface area (TPSA) is 183 Å². The Morgan fingerprint density at radius 2 is 1.22 bits per heavy atom. The summed E-state index contributed by atoms with van der Waals surface area (Å²) in [5, 5.41) is 25.7. The third-order valence-corrected chi connectivity index (χ3v) is 9.74. The van der Waals surface area contributed by atoms with Gasteiger partial charge in [0.05, 0.1) is 0 Å². The van der Waals surface area contributed by atoms with E-state index in [1.54, 1.807) is 72.4 Å². The second kappa shape index (κ2) is 18.0. The van der Waals surface area contributed by atoms with Crippen molar-refractivity contribution >= 4 is 53.0 Å². The summed E-state index contributed by atoms with van der Waals surface area (Å²) < 4.78 is 0. The molecule has 3 aromatic rings. The number of hydrogen-bond acceptors (Lipinski definition) is 7. The van der Waals surface area contributed by atoms with Crippen LogP contribution in [0.15, 0.2) is 96.4 Å². The Kier molecular flexibility index (Phi) is 13.0. The molecule has 0 radical (unpaired) electrons. The van der Waals surface area contributed by atoms with Gasteiger partial charge in [0.2, 0.25) is 29.5 Å². The second-order valence-electron chi connectivity index (χ2n) is 12.6. The van der Waals surface area contributed by atoms with Crippen LogP contribution in [-0.2, 0) is 48.0 Å². The highest BCUT2D eigenvalue weighted by molar-refractivity contribution is 8.03. The smallest absolute Gasteiger partial charge is 0.326 e. The lowest BCUT2D eigenvalue weighted by atomic mass is 10.0. The second-order valence-corrected chi connectivity index (χ2v) is 13.8. The van der Waals surface area contributed by atoms with Gasteiger partial charge in [-0.25, -0.2) is 4.79 Å². The quantitative estimate of drug-likeness (QED) is 0.202. The van der Waals surface area contributed by atoms with Crippen molar-refractivity contribution in [2.75, 3.05) is 5.32 Å². The van der Waals surface area contributed by atoms with Crippen LogP contribution in [0.3, 0.4) is 0 Å². The van der Waals surface area contributed by atoms with Gasteiger partial charge in [0.25, 0.3) is 0 Å². The number of rotatable bonds is 7. The molecule has 0 aliphatic carbocycles. The Bertz CT molecular complexity index is 1730. The van der Waals surface area contributed by atoms with Crippen molar-refractivity contribution in [2.24, 2.45) is 0 Å². The van der Waals surface area contributed by atoms with Gasteiger partial charge in [-0.05, 0) is 47.1 Å². The number of carbonyl (C=O) groups excluding carboxylic acids is 5. The van der Waals surface area contributed by atoms with Gasteiger partial charge in [-0.15, -0.1) is 11.8 Å². The molecular weight excluding hydrogens is 671 g/mol. The van der Waals surface area contributed by atoms with Crippen molar-refractivity contribution in [3.05, 3.63) is 113 Å². The first kappa shape index (κ1) is 36.8. The van der Waals surface area contributed by atoms with Crippen molar-refractivity contribution in [2.45, 2.75) is 74.4 Å². The summed E-state index contributed by atoms with van der Waals surface area (Å²) in [5.41, 5.74) is 2.50. The van der Waals surface area contributed by atoms with Crippen LogP contribution in [0.25, 0.3) is 0 Å². The zero-order valence-electron chi connectivity index (χ0n) is 27.9. The molecule has 0 fully saturated rings. The maximum absolute atomic E-state index is 14.1. The molecule has 3 aliphatic heterocycles. The summed E-state index contributed by atoms with van der Waals surface area (Å²) in [6, 6.07) is 19.8. The predicted molar refractivity (Wildman–Crippen MR) is 193 cm³/mol. The third kappa shape index (κ3) is 11.3. The standard InChI is InChI=1S/C38H41N5O7S/c44-33-17-18-34(45)40-31(23-28-12-7-19-51-28)37(48)42-29(20-24-8-3-1-4-9-24)35(46)41-30(21-25-10-5-2-6-11-25)36(47)43-32(38(49)50)22-26-13-15-27(39-33)16-14-26/h1-11,13-16,19,28-32H,12,17-18,20-23H2,(H,39,44)(H,40,45)(H,41,46)(H,42,48)(H,43,47)(H,49,50)/t28?,29-,30+,31+,32-/m0/s1. The minimum atomic E-state index is -1.33. The highest BCUT2D eigenvalue weighted by Crippen LogP contribution is 2.28. The number of carboxylic acids is 1. The number of fused-ring (bicyclic) bond motifs is 18. The van der Waals surface area contributed by atoms with Crippen LogP contribution in [0.5, 0.6) is 0 Å². The van der Waals surface area contributed by atoms with E-state index >= 15 is 0 Å². The van der Waals surface area contributed by atoms with E-state index in [2.05, 4.69) is 26.6 Å². The van der Waals surface area contributed by atoms with E-state index in [0.717, 1.165) is 11.1 Å². The average Bonchev–Trinajstić information content (AvgIpc) is 3.64. The van der Waals surface area contributed by atoms with Gasteiger partial charge >= 0.3 is 5.97 Å². The molecule has 12 nitrogen and oxygen atoms in total. The fourth-order valence-corrected chi connectivity index (χ4v) is 6.86. The molecule has 5 atom stereocenters. The van der Waals surface area contributed by atoms with Crippen molar-refractivity contribution in [1.29, 1.82) is 0 Å². The Balaban J connectivity index is 1.48. The molecule has 1 unspecified atom stereocenters. The fraction of sp³-hybridized carbons (Fsp3) is 0.316. The molecule has 3 heterocycles. The van der Waals surface area contributed by atoms with Crippen molar-refractivity contribution in [3.8, 4) is 0 Å². The minimum Gasteiger partial charge on any atom is -0.480 e. The van der Waals surface area contributed by atoms with E-state index in [1.165, 1.54) is 0 Å². The van der Waals surface area contributed by atoms with Crippen molar-refractivity contribution in [3.63, 3.8) is 0 Å². The molecule has 6 rings (SSSR count). The van der Waals surface area contributed by atoms with Gasteiger partial charge in [0.1, 0.15) is 24.2 Å². The molecule has 6 N–H and O–H groups in total. The SMILES string of the molecule is O=C1CCC(=O)N[C@H](CC2CC=CS2)C(=O)N[C@@H](Cc2ccccc2)C(=O)N[C@H](Cc2ccccc2)C(=O)N[C@H](C(=O)O)Cc2ccc(cc2)N1. The number of thioether (sulfide) groups is 1. The molecule has 3 aliphatic rings. The number of hydrogen-bond donors (Lipinski definition) is 6. The Hall–Kier alpha value is -5.43. The zero-order valence-corrected chi connectivity index (χ0v) is 28.7. The zero-order chi connectivity index (χ0) is 36.2. The number of benzene rings is 3. The number of amides is 5. The molecule has 266 valence electrons.